The summed E-state index contributed by atoms with van der Waals surface area (Å²) in [4.78, 5) is 33.8. The van der Waals surface area contributed by atoms with Gasteiger partial charge in [0.15, 0.2) is 0 Å². The van der Waals surface area contributed by atoms with E-state index in [1.54, 1.807) is 0 Å². The standard InChI is InChI=1S/C14H14F3NO4/c1-8(19)6-7-11(13(21)22)18-12(20)9-4-2-3-5-10(9)14(15,16)17/h2-5,11H,6-7H2,1H3,(H,18,20)(H,21,22)/t11-/m1/s1. The molecule has 1 aromatic carbocycles. The van der Waals surface area contributed by atoms with Crippen LogP contribution in [0.1, 0.15) is 35.7 Å². The number of rotatable bonds is 6. The highest BCUT2D eigenvalue weighted by Crippen LogP contribution is 2.31. The first-order chi connectivity index (χ1) is 10.1. The topological polar surface area (TPSA) is 83.5 Å². The third kappa shape index (κ3) is 4.87. The Morgan fingerprint density at radius 3 is 2.32 bits per heavy atom. The number of Topliss-reactive ketones (excluding diaryl/α,β-unsaturated/α-hetero) is 1. The highest BCUT2D eigenvalue weighted by atomic mass is 19.4. The monoisotopic (exact) mass is 317 g/mol. The zero-order chi connectivity index (χ0) is 16.9. The van der Waals surface area contributed by atoms with Gasteiger partial charge >= 0.3 is 12.1 Å². The van der Waals surface area contributed by atoms with Gasteiger partial charge < -0.3 is 15.2 Å². The lowest BCUT2D eigenvalue weighted by Crippen LogP contribution is -2.41. The maximum atomic E-state index is 12.8. The number of hydrogen-bond donors (Lipinski definition) is 2. The van der Waals surface area contributed by atoms with Crippen molar-refractivity contribution >= 4 is 17.7 Å². The maximum absolute atomic E-state index is 12.8. The molecule has 1 rings (SSSR count). The van der Waals surface area contributed by atoms with Gasteiger partial charge in [0.2, 0.25) is 0 Å². The van der Waals surface area contributed by atoms with Gasteiger partial charge in [-0.25, -0.2) is 4.79 Å². The first-order valence-electron chi connectivity index (χ1n) is 6.32. The minimum Gasteiger partial charge on any atom is -0.480 e. The van der Waals surface area contributed by atoms with Crippen LogP contribution in [0.25, 0.3) is 0 Å². The number of amides is 1. The zero-order valence-corrected chi connectivity index (χ0v) is 11.6. The fourth-order valence-corrected chi connectivity index (χ4v) is 1.77. The van der Waals surface area contributed by atoms with Crippen LogP contribution in [-0.2, 0) is 15.8 Å². The average molecular weight is 317 g/mol. The molecule has 5 nitrogen and oxygen atoms in total. The molecule has 22 heavy (non-hydrogen) atoms. The van der Waals surface area contributed by atoms with E-state index in [0.717, 1.165) is 18.2 Å². The molecule has 0 aliphatic rings. The van der Waals surface area contributed by atoms with Gasteiger partial charge in [-0.2, -0.15) is 13.2 Å². The van der Waals surface area contributed by atoms with Crippen molar-refractivity contribution in [2.45, 2.75) is 32.0 Å². The Balaban J connectivity index is 2.96. The van der Waals surface area contributed by atoms with Crippen LogP contribution in [0.2, 0.25) is 0 Å². The zero-order valence-electron chi connectivity index (χ0n) is 11.6. The van der Waals surface area contributed by atoms with E-state index in [1.165, 1.54) is 13.0 Å². The largest absolute Gasteiger partial charge is 0.480 e. The van der Waals surface area contributed by atoms with Crippen LogP contribution in [0.3, 0.4) is 0 Å². The Morgan fingerprint density at radius 2 is 1.82 bits per heavy atom. The molecule has 0 aliphatic heterocycles. The molecule has 2 N–H and O–H groups in total. The Morgan fingerprint density at radius 1 is 1.23 bits per heavy atom. The fraction of sp³-hybridized carbons (Fsp3) is 0.357. The van der Waals surface area contributed by atoms with Gasteiger partial charge in [-0.1, -0.05) is 12.1 Å². The highest BCUT2D eigenvalue weighted by molar-refractivity contribution is 5.98. The van der Waals surface area contributed by atoms with E-state index in [4.69, 9.17) is 5.11 Å². The van der Waals surface area contributed by atoms with E-state index in [9.17, 15) is 27.6 Å². The number of carbonyl (C=O) groups is 3. The minimum atomic E-state index is -4.73. The predicted molar refractivity (Wildman–Crippen MR) is 70.2 cm³/mol. The molecular weight excluding hydrogens is 303 g/mol. The predicted octanol–water partition coefficient (Wildman–Crippen LogP) is 2.26. The van der Waals surface area contributed by atoms with Gasteiger partial charge in [-0.05, 0) is 25.5 Å². The highest BCUT2D eigenvalue weighted by Gasteiger charge is 2.35. The molecule has 0 saturated carbocycles. The summed E-state index contributed by atoms with van der Waals surface area (Å²) in [6.07, 6.45) is -5.02. The summed E-state index contributed by atoms with van der Waals surface area (Å²) in [5.41, 5.74) is -1.81. The lowest BCUT2D eigenvalue weighted by Gasteiger charge is -2.16. The fourth-order valence-electron chi connectivity index (χ4n) is 1.77. The summed E-state index contributed by atoms with van der Waals surface area (Å²) in [6, 6.07) is 2.64. The van der Waals surface area contributed by atoms with Crippen LogP contribution in [0.5, 0.6) is 0 Å². The van der Waals surface area contributed by atoms with E-state index >= 15 is 0 Å². The van der Waals surface area contributed by atoms with Gasteiger partial charge in [0.1, 0.15) is 11.8 Å². The molecule has 0 spiro atoms. The minimum absolute atomic E-state index is 0.0990. The lowest BCUT2D eigenvalue weighted by molar-refractivity contribution is -0.139. The number of nitrogens with one attached hydrogen (secondary N) is 1. The summed E-state index contributed by atoms with van der Waals surface area (Å²) < 4.78 is 38.5. The summed E-state index contributed by atoms with van der Waals surface area (Å²) in [6.45, 7) is 1.25. The summed E-state index contributed by atoms with van der Waals surface area (Å²) in [7, 11) is 0. The third-order valence-electron chi connectivity index (χ3n) is 2.87. The molecule has 1 aromatic rings. The quantitative estimate of drug-likeness (QED) is 0.843. The van der Waals surface area contributed by atoms with E-state index in [-0.39, 0.29) is 18.6 Å². The molecule has 0 heterocycles. The number of hydrogen-bond acceptors (Lipinski definition) is 3. The van der Waals surface area contributed by atoms with Crippen molar-refractivity contribution in [3.63, 3.8) is 0 Å². The van der Waals surface area contributed by atoms with Crippen molar-refractivity contribution in [2.75, 3.05) is 0 Å². The Kier molecular flexibility index (Phi) is 5.67. The number of carboxylic acids is 1. The maximum Gasteiger partial charge on any atom is 0.417 e. The SMILES string of the molecule is CC(=O)CC[C@@H](NC(=O)c1ccccc1C(F)(F)F)C(=O)O. The van der Waals surface area contributed by atoms with Crippen LogP contribution in [0.15, 0.2) is 24.3 Å². The number of halogens is 3. The molecule has 0 aromatic heterocycles. The number of ketones is 1. The Hall–Kier alpha value is -2.38. The second-order valence-electron chi connectivity index (χ2n) is 4.65. The molecule has 0 aliphatic carbocycles. The molecule has 0 fully saturated rings. The summed E-state index contributed by atoms with van der Waals surface area (Å²) >= 11 is 0. The molecule has 1 amide bonds. The van der Waals surface area contributed by atoms with E-state index in [1.807, 2.05) is 5.32 Å². The second-order valence-corrected chi connectivity index (χ2v) is 4.65. The van der Waals surface area contributed by atoms with Crippen molar-refractivity contribution < 1.29 is 32.7 Å². The van der Waals surface area contributed by atoms with Crippen molar-refractivity contribution in [1.29, 1.82) is 0 Å². The first-order valence-corrected chi connectivity index (χ1v) is 6.32. The van der Waals surface area contributed by atoms with Crippen molar-refractivity contribution in [3.8, 4) is 0 Å². The van der Waals surface area contributed by atoms with Crippen LogP contribution in [-0.4, -0.2) is 28.8 Å². The molecule has 120 valence electrons. The first kappa shape index (κ1) is 17.7. The third-order valence-corrected chi connectivity index (χ3v) is 2.87. The molecular formula is C14H14F3NO4. The van der Waals surface area contributed by atoms with Gasteiger partial charge in [0, 0.05) is 6.42 Å². The lowest BCUT2D eigenvalue weighted by atomic mass is 10.0. The normalized spacial score (nSPS) is 12.5. The smallest absolute Gasteiger partial charge is 0.417 e. The van der Waals surface area contributed by atoms with Crippen LogP contribution in [0.4, 0.5) is 13.2 Å². The molecule has 8 heteroatoms. The summed E-state index contributed by atoms with van der Waals surface area (Å²) in [5, 5.41) is 11.0. The number of aliphatic carboxylic acids is 1. The molecule has 0 saturated heterocycles. The van der Waals surface area contributed by atoms with Crippen molar-refractivity contribution in [2.24, 2.45) is 0 Å². The Bertz CT molecular complexity index is 584. The van der Waals surface area contributed by atoms with Crippen molar-refractivity contribution in [3.05, 3.63) is 35.4 Å². The number of carbonyl (C=O) groups excluding carboxylic acids is 2. The summed E-state index contributed by atoms with van der Waals surface area (Å²) in [5.74, 6) is -2.85. The number of benzene rings is 1. The van der Waals surface area contributed by atoms with Gasteiger partial charge in [0.25, 0.3) is 5.91 Å². The molecule has 0 bridgehead atoms. The van der Waals surface area contributed by atoms with Crippen LogP contribution in [0, 0.1) is 0 Å². The number of carboxylic acid groups (broad SMARTS) is 1. The van der Waals surface area contributed by atoms with Gasteiger partial charge in [-0.15, -0.1) is 0 Å². The van der Waals surface area contributed by atoms with E-state index in [2.05, 4.69) is 0 Å². The number of alkyl halides is 3. The van der Waals surface area contributed by atoms with Crippen molar-refractivity contribution in [1.82, 2.24) is 5.32 Å². The molecule has 1 atom stereocenters. The van der Waals surface area contributed by atoms with Crippen LogP contribution < -0.4 is 5.32 Å². The van der Waals surface area contributed by atoms with Gasteiger partial charge in [-0.3, -0.25) is 4.79 Å². The average Bonchev–Trinajstić information content (AvgIpc) is 2.41. The van der Waals surface area contributed by atoms with Crippen LogP contribution >= 0.6 is 0 Å². The van der Waals surface area contributed by atoms with E-state index < -0.39 is 35.2 Å². The Labute approximate surface area is 124 Å². The second kappa shape index (κ2) is 7.06. The van der Waals surface area contributed by atoms with E-state index in [0.29, 0.717) is 0 Å². The molecule has 0 radical (unpaired) electrons. The molecule has 0 unspecified atom stereocenters. The van der Waals surface area contributed by atoms with Gasteiger partial charge in [0.05, 0.1) is 11.1 Å².